The molecule has 0 amide bonds. The summed E-state index contributed by atoms with van der Waals surface area (Å²) in [6, 6.07) is 2.02. The third-order valence-corrected chi connectivity index (χ3v) is 3.03. The van der Waals surface area contributed by atoms with E-state index in [1.165, 1.54) is 18.4 Å². The van der Waals surface area contributed by atoms with Crippen molar-refractivity contribution in [3.05, 3.63) is 17.3 Å². The Labute approximate surface area is 83.9 Å². The van der Waals surface area contributed by atoms with Crippen LogP contribution in [0.1, 0.15) is 49.8 Å². The van der Waals surface area contributed by atoms with Crippen molar-refractivity contribution in [1.29, 1.82) is 0 Å². The van der Waals surface area contributed by atoms with Crippen molar-refractivity contribution >= 4 is 5.82 Å². The highest BCUT2D eigenvalue weighted by Gasteiger charge is 2.23. The summed E-state index contributed by atoms with van der Waals surface area (Å²) in [6.07, 6.45) is 2.43. The molecule has 0 radical (unpaired) electrons. The molecule has 0 saturated carbocycles. The molecule has 0 aliphatic heterocycles. The van der Waals surface area contributed by atoms with Crippen LogP contribution in [0.5, 0.6) is 0 Å². The van der Waals surface area contributed by atoms with Crippen LogP contribution in [-0.2, 0) is 0 Å². The zero-order valence-corrected chi connectivity index (χ0v) is 8.62. The first-order valence-corrected chi connectivity index (χ1v) is 5.06. The molecule has 0 aromatic carbocycles. The molecule has 4 nitrogen and oxygen atoms in total. The molecule has 76 valence electrons. The Morgan fingerprint density at radius 3 is 2.71 bits per heavy atom. The fourth-order valence-electron chi connectivity index (χ4n) is 2.06. The minimum atomic E-state index is 0.528. The Morgan fingerprint density at radius 2 is 2.00 bits per heavy atom. The fourth-order valence-corrected chi connectivity index (χ4v) is 2.06. The van der Waals surface area contributed by atoms with Crippen LogP contribution >= 0.6 is 0 Å². The van der Waals surface area contributed by atoms with E-state index in [1.807, 2.05) is 6.07 Å². The molecule has 1 aromatic rings. The zero-order valence-electron chi connectivity index (χ0n) is 8.62. The number of rotatable bonds is 1. The van der Waals surface area contributed by atoms with Gasteiger partial charge in [-0.05, 0) is 30.4 Å². The maximum absolute atomic E-state index is 5.31. The second-order valence-electron chi connectivity index (χ2n) is 4.09. The maximum Gasteiger partial charge on any atom is 0.162 e. The quantitative estimate of drug-likeness (QED) is 0.525. The van der Waals surface area contributed by atoms with Crippen LogP contribution in [0.4, 0.5) is 5.82 Å². The molecule has 2 unspecified atom stereocenters. The van der Waals surface area contributed by atoms with E-state index >= 15 is 0 Å². The highest BCUT2D eigenvalue weighted by atomic mass is 15.3. The van der Waals surface area contributed by atoms with E-state index in [-0.39, 0.29) is 0 Å². The Hall–Kier alpha value is -1.16. The predicted octanol–water partition coefficient (Wildman–Crippen LogP) is 1.76. The predicted molar refractivity (Wildman–Crippen MR) is 55.9 cm³/mol. The molecule has 0 spiro atoms. The fraction of sp³-hybridized carbons (Fsp3) is 0.600. The minimum absolute atomic E-state index is 0.528. The van der Waals surface area contributed by atoms with Gasteiger partial charge in [0.15, 0.2) is 5.82 Å². The molecule has 1 aromatic heterocycles. The van der Waals surface area contributed by atoms with E-state index in [0.717, 1.165) is 5.69 Å². The molecule has 0 saturated heterocycles. The molecule has 0 fully saturated rings. The summed E-state index contributed by atoms with van der Waals surface area (Å²) in [5.41, 5.74) is 4.98. The Bertz CT molecular complexity index is 337. The van der Waals surface area contributed by atoms with Crippen LogP contribution < -0.4 is 11.3 Å². The van der Waals surface area contributed by atoms with Crippen molar-refractivity contribution in [2.45, 2.75) is 38.5 Å². The molecular weight excluding hydrogens is 176 g/mol. The smallest absolute Gasteiger partial charge is 0.162 e. The lowest BCUT2D eigenvalue weighted by Crippen LogP contribution is -2.16. The van der Waals surface area contributed by atoms with E-state index in [9.17, 15) is 0 Å². The number of hydrogen-bond acceptors (Lipinski definition) is 4. The molecule has 1 aliphatic rings. The van der Waals surface area contributed by atoms with Crippen LogP contribution in [-0.4, -0.2) is 10.2 Å². The number of hydrazine groups is 1. The Morgan fingerprint density at radius 1 is 1.29 bits per heavy atom. The van der Waals surface area contributed by atoms with Gasteiger partial charge in [0.05, 0.1) is 5.69 Å². The first kappa shape index (κ1) is 9.40. The number of hydrogen-bond donors (Lipinski definition) is 2. The second-order valence-corrected chi connectivity index (χ2v) is 4.09. The van der Waals surface area contributed by atoms with Crippen molar-refractivity contribution in [3.8, 4) is 0 Å². The monoisotopic (exact) mass is 192 g/mol. The number of nitrogens with zero attached hydrogens (tertiary/aromatic N) is 2. The van der Waals surface area contributed by atoms with Gasteiger partial charge in [0.1, 0.15) is 0 Å². The van der Waals surface area contributed by atoms with Crippen molar-refractivity contribution in [2.75, 3.05) is 5.43 Å². The lowest BCUT2D eigenvalue weighted by atomic mass is 9.82. The molecule has 1 heterocycles. The molecule has 2 rings (SSSR count). The SMILES string of the molecule is CC1CCC(C)c2nnc(NN)cc21. The highest BCUT2D eigenvalue weighted by molar-refractivity contribution is 5.40. The molecule has 14 heavy (non-hydrogen) atoms. The van der Waals surface area contributed by atoms with Gasteiger partial charge in [-0.1, -0.05) is 13.8 Å². The van der Waals surface area contributed by atoms with E-state index in [2.05, 4.69) is 29.5 Å². The molecule has 0 bridgehead atoms. The summed E-state index contributed by atoms with van der Waals surface area (Å²) < 4.78 is 0. The van der Waals surface area contributed by atoms with E-state index in [0.29, 0.717) is 17.7 Å². The third-order valence-electron chi connectivity index (χ3n) is 3.03. The number of anilines is 1. The van der Waals surface area contributed by atoms with Crippen LogP contribution in [0.3, 0.4) is 0 Å². The number of nitrogen functional groups attached to an aromatic ring is 1. The van der Waals surface area contributed by atoms with Gasteiger partial charge in [-0.3, -0.25) is 0 Å². The standard InChI is InChI=1S/C10H16N4/c1-6-3-4-7(2)10-8(6)5-9(12-11)13-14-10/h5-7H,3-4,11H2,1-2H3,(H,12,13). The summed E-state index contributed by atoms with van der Waals surface area (Å²) in [5, 5.41) is 8.24. The van der Waals surface area contributed by atoms with Crippen molar-refractivity contribution < 1.29 is 0 Å². The second kappa shape index (κ2) is 3.53. The van der Waals surface area contributed by atoms with E-state index < -0.39 is 0 Å². The van der Waals surface area contributed by atoms with Crippen LogP contribution in [0, 0.1) is 0 Å². The number of nitrogens with one attached hydrogen (secondary N) is 1. The largest absolute Gasteiger partial charge is 0.307 e. The molecule has 3 N–H and O–H groups in total. The molecule has 2 atom stereocenters. The summed E-state index contributed by atoms with van der Waals surface area (Å²) in [7, 11) is 0. The van der Waals surface area contributed by atoms with Gasteiger partial charge >= 0.3 is 0 Å². The summed E-state index contributed by atoms with van der Waals surface area (Å²) >= 11 is 0. The summed E-state index contributed by atoms with van der Waals surface area (Å²) in [4.78, 5) is 0. The van der Waals surface area contributed by atoms with Gasteiger partial charge in [-0.2, -0.15) is 5.10 Å². The maximum atomic E-state index is 5.31. The first-order valence-electron chi connectivity index (χ1n) is 5.06. The van der Waals surface area contributed by atoms with Crippen molar-refractivity contribution in [3.63, 3.8) is 0 Å². The van der Waals surface area contributed by atoms with Crippen LogP contribution in [0.2, 0.25) is 0 Å². The van der Waals surface area contributed by atoms with Crippen LogP contribution in [0.25, 0.3) is 0 Å². The van der Waals surface area contributed by atoms with Gasteiger partial charge in [0.2, 0.25) is 0 Å². The van der Waals surface area contributed by atoms with Crippen molar-refractivity contribution in [1.82, 2.24) is 10.2 Å². The Balaban J connectivity index is 2.45. The zero-order chi connectivity index (χ0) is 10.1. The third kappa shape index (κ3) is 1.46. The summed E-state index contributed by atoms with van der Waals surface area (Å²) in [6.45, 7) is 4.43. The van der Waals surface area contributed by atoms with Gasteiger partial charge in [-0.25, -0.2) is 5.84 Å². The average Bonchev–Trinajstić information content (AvgIpc) is 2.23. The number of aromatic nitrogens is 2. The lowest BCUT2D eigenvalue weighted by molar-refractivity contribution is 0.508. The van der Waals surface area contributed by atoms with Crippen LogP contribution in [0.15, 0.2) is 6.07 Å². The minimum Gasteiger partial charge on any atom is -0.307 e. The lowest BCUT2D eigenvalue weighted by Gasteiger charge is -2.25. The van der Waals surface area contributed by atoms with Gasteiger partial charge in [0.25, 0.3) is 0 Å². The molecule has 1 aliphatic carbocycles. The topological polar surface area (TPSA) is 63.8 Å². The average molecular weight is 192 g/mol. The normalized spacial score (nSPS) is 25.6. The highest BCUT2D eigenvalue weighted by Crippen LogP contribution is 2.37. The van der Waals surface area contributed by atoms with Gasteiger partial charge < -0.3 is 5.43 Å². The van der Waals surface area contributed by atoms with Gasteiger partial charge in [-0.15, -0.1) is 5.10 Å². The first-order chi connectivity index (χ1) is 6.72. The van der Waals surface area contributed by atoms with E-state index in [4.69, 9.17) is 5.84 Å². The van der Waals surface area contributed by atoms with E-state index in [1.54, 1.807) is 0 Å². The number of fused-ring (bicyclic) bond motifs is 1. The molecular formula is C10H16N4. The van der Waals surface area contributed by atoms with Crippen molar-refractivity contribution in [2.24, 2.45) is 5.84 Å². The number of nitrogens with two attached hydrogens (primary N) is 1. The molecule has 4 heteroatoms. The summed E-state index contributed by atoms with van der Waals surface area (Å²) in [5.74, 6) is 7.07. The Kier molecular flexibility index (Phi) is 2.37. The van der Waals surface area contributed by atoms with Gasteiger partial charge in [0, 0.05) is 5.92 Å².